The van der Waals surface area contributed by atoms with E-state index in [4.69, 9.17) is 32.3 Å². The summed E-state index contributed by atoms with van der Waals surface area (Å²) in [5, 5.41) is 3.80. The summed E-state index contributed by atoms with van der Waals surface area (Å²) in [6.45, 7) is 5.66. The van der Waals surface area contributed by atoms with Crippen LogP contribution < -0.4 is 5.73 Å². The van der Waals surface area contributed by atoms with Crippen LogP contribution in [0.3, 0.4) is 0 Å². The van der Waals surface area contributed by atoms with Crippen molar-refractivity contribution in [3.63, 3.8) is 0 Å². The van der Waals surface area contributed by atoms with Gasteiger partial charge in [-0.15, -0.1) is 11.3 Å². The zero-order valence-electron chi connectivity index (χ0n) is 16.9. The minimum Gasteiger partial charge on any atom is -0.369 e. The lowest BCUT2D eigenvalue weighted by atomic mass is 9.84. The second-order valence-electron chi connectivity index (χ2n) is 7.74. The van der Waals surface area contributed by atoms with E-state index in [1.807, 2.05) is 24.0 Å². The summed E-state index contributed by atoms with van der Waals surface area (Å²) < 4.78 is 0. The number of fused-ring (bicyclic) bond motifs is 1. The predicted octanol–water partition coefficient (Wildman–Crippen LogP) is 4.76. The van der Waals surface area contributed by atoms with Gasteiger partial charge in [-0.05, 0) is 60.7 Å². The summed E-state index contributed by atoms with van der Waals surface area (Å²) >= 11 is 7.95. The molecule has 5 nitrogen and oxygen atoms in total. The lowest BCUT2D eigenvalue weighted by Gasteiger charge is -2.31. The fourth-order valence-electron chi connectivity index (χ4n) is 4.29. The minimum absolute atomic E-state index is 0.503. The Balaban J connectivity index is 1.73. The molecule has 1 atom stereocenters. The van der Waals surface area contributed by atoms with Gasteiger partial charge in [-0.2, -0.15) is 0 Å². The van der Waals surface area contributed by atoms with Gasteiger partial charge in [0.2, 0.25) is 0 Å². The van der Waals surface area contributed by atoms with Crippen molar-refractivity contribution >= 4 is 34.7 Å². The molecule has 2 aliphatic rings. The Morgan fingerprint density at radius 2 is 2.00 bits per heavy atom. The molecule has 152 valence electrons. The first kappa shape index (κ1) is 19.3. The largest absolute Gasteiger partial charge is 0.369 e. The van der Waals surface area contributed by atoms with Crippen LogP contribution in [0.4, 0.5) is 0 Å². The lowest BCUT2D eigenvalue weighted by molar-refractivity contribution is 0.529. The van der Waals surface area contributed by atoms with Crippen LogP contribution in [0.5, 0.6) is 0 Å². The number of nitrogens with zero attached hydrogens (tertiary/aromatic N) is 4. The molecular weight excluding hydrogens is 414 g/mol. The molecule has 7 heteroatoms. The third kappa shape index (κ3) is 3.02. The highest BCUT2D eigenvalue weighted by Gasteiger charge is 2.50. The number of guanidine groups is 1. The van der Waals surface area contributed by atoms with Crippen LogP contribution in [0, 0.1) is 13.8 Å². The fraction of sp³-hybridized carbons (Fsp3) is 0.261. The number of rotatable bonds is 3. The molecule has 0 radical (unpaired) electrons. The highest BCUT2D eigenvalue weighted by atomic mass is 35.5. The predicted molar refractivity (Wildman–Crippen MR) is 125 cm³/mol. The molecule has 2 N–H and O–H groups in total. The molecule has 0 saturated carbocycles. The van der Waals surface area contributed by atoms with Crippen molar-refractivity contribution in [2.75, 3.05) is 13.1 Å². The van der Waals surface area contributed by atoms with Gasteiger partial charge in [0.15, 0.2) is 11.5 Å². The van der Waals surface area contributed by atoms with Gasteiger partial charge >= 0.3 is 0 Å². The maximum Gasteiger partial charge on any atom is 0.198 e. The topological polar surface area (TPSA) is 66.9 Å². The monoisotopic (exact) mass is 435 g/mol. The molecule has 3 aromatic rings. The number of aromatic nitrogens is 1. The van der Waals surface area contributed by atoms with E-state index in [-0.39, 0.29) is 0 Å². The maximum atomic E-state index is 6.39. The minimum atomic E-state index is -0.821. The summed E-state index contributed by atoms with van der Waals surface area (Å²) in [4.78, 5) is 16.7. The average molecular weight is 436 g/mol. The Morgan fingerprint density at radius 3 is 2.77 bits per heavy atom. The van der Waals surface area contributed by atoms with Gasteiger partial charge in [-0.3, -0.25) is 9.89 Å². The van der Waals surface area contributed by atoms with Crippen LogP contribution >= 0.6 is 22.9 Å². The number of benzene rings is 2. The number of thiazole rings is 1. The van der Waals surface area contributed by atoms with Gasteiger partial charge in [0.25, 0.3) is 0 Å². The molecule has 0 amide bonds. The molecule has 5 rings (SSSR count). The molecule has 0 aliphatic carbocycles. The summed E-state index contributed by atoms with van der Waals surface area (Å²) in [6.07, 6.45) is 0.966. The van der Waals surface area contributed by atoms with Gasteiger partial charge in [0.05, 0.1) is 10.7 Å². The van der Waals surface area contributed by atoms with Crippen molar-refractivity contribution in [1.29, 1.82) is 0 Å². The first-order chi connectivity index (χ1) is 14.5. The van der Waals surface area contributed by atoms with Crippen molar-refractivity contribution in [2.24, 2.45) is 15.7 Å². The van der Waals surface area contributed by atoms with E-state index < -0.39 is 5.54 Å². The van der Waals surface area contributed by atoms with E-state index >= 15 is 0 Å². The third-order valence-electron chi connectivity index (χ3n) is 5.58. The number of nitrogens with two attached hydrogens (primary N) is 1. The lowest BCUT2D eigenvalue weighted by Crippen LogP contribution is -2.46. The van der Waals surface area contributed by atoms with Gasteiger partial charge in [-0.25, -0.2) is 9.98 Å². The summed E-state index contributed by atoms with van der Waals surface area (Å²) in [5.74, 6) is 1.37. The van der Waals surface area contributed by atoms with Crippen LogP contribution in [0.25, 0.3) is 11.1 Å². The molecule has 0 bridgehead atoms. The number of halogens is 1. The van der Waals surface area contributed by atoms with Crippen molar-refractivity contribution in [3.05, 3.63) is 74.7 Å². The highest BCUT2D eigenvalue weighted by molar-refractivity contribution is 7.09. The Hall–Kier alpha value is -2.70. The summed E-state index contributed by atoms with van der Waals surface area (Å²) in [6, 6.07) is 14.5. The van der Waals surface area contributed by atoms with E-state index in [0.717, 1.165) is 63.3 Å². The number of hydrogen-bond acceptors (Lipinski definition) is 6. The van der Waals surface area contributed by atoms with Crippen molar-refractivity contribution in [3.8, 4) is 11.1 Å². The molecule has 0 fully saturated rings. The van der Waals surface area contributed by atoms with Crippen LogP contribution in [0.2, 0.25) is 5.02 Å². The molecule has 2 aliphatic heterocycles. The molecule has 2 aromatic carbocycles. The van der Waals surface area contributed by atoms with Crippen molar-refractivity contribution in [1.82, 2.24) is 9.88 Å². The van der Waals surface area contributed by atoms with Gasteiger partial charge in [-0.1, -0.05) is 35.9 Å². The summed E-state index contributed by atoms with van der Waals surface area (Å²) in [7, 11) is 0. The fourth-order valence-corrected chi connectivity index (χ4v) is 5.24. The van der Waals surface area contributed by atoms with E-state index in [9.17, 15) is 0 Å². The number of amidine groups is 1. The number of aliphatic imine (C=N–C) groups is 2. The second kappa shape index (κ2) is 7.22. The quantitative estimate of drug-likeness (QED) is 0.645. The zero-order chi connectivity index (χ0) is 20.9. The highest BCUT2D eigenvalue weighted by Crippen LogP contribution is 2.42. The average Bonchev–Trinajstić information content (AvgIpc) is 3.30. The summed E-state index contributed by atoms with van der Waals surface area (Å²) in [5.41, 5.74) is 10.7. The van der Waals surface area contributed by atoms with E-state index in [2.05, 4.69) is 42.6 Å². The van der Waals surface area contributed by atoms with E-state index in [0.29, 0.717) is 5.96 Å². The van der Waals surface area contributed by atoms with E-state index in [1.54, 1.807) is 11.3 Å². The molecule has 1 aromatic heterocycles. The van der Waals surface area contributed by atoms with Crippen LogP contribution in [-0.2, 0) is 5.54 Å². The standard InChI is InChI=1S/C23H22ClN5S/c1-14-9-17(12-19(24)10-14)16-5-3-6-18(11-16)23(20-13-30-15(2)27-20)21-26-7-4-8-29(21)22(25)28-23/h3,5-6,9-13H,4,7-8H2,1-2H3,(H2,25,28). The molecule has 3 heterocycles. The zero-order valence-corrected chi connectivity index (χ0v) is 18.5. The first-order valence-corrected chi connectivity index (χ1v) is 11.2. The molecular formula is C23H22ClN5S. The Bertz CT molecular complexity index is 1180. The number of hydrogen-bond donors (Lipinski definition) is 1. The first-order valence-electron chi connectivity index (χ1n) is 9.96. The van der Waals surface area contributed by atoms with Crippen LogP contribution in [0.1, 0.15) is 28.2 Å². The van der Waals surface area contributed by atoms with Gasteiger partial charge < -0.3 is 5.73 Å². The Labute approximate surface area is 185 Å². The Morgan fingerprint density at radius 1 is 1.13 bits per heavy atom. The SMILES string of the molecule is Cc1cc(Cl)cc(-c2cccc(C3(c4csc(C)n4)N=C(N)N4CCCN=C43)c2)c1. The third-order valence-corrected chi connectivity index (χ3v) is 6.58. The molecule has 0 saturated heterocycles. The smallest absolute Gasteiger partial charge is 0.198 e. The van der Waals surface area contributed by atoms with Crippen molar-refractivity contribution in [2.45, 2.75) is 25.8 Å². The van der Waals surface area contributed by atoms with Crippen LogP contribution in [-0.4, -0.2) is 34.8 Å². The van der Waals surface area contributed by atoms with E-state index in [1.165, 1.54) is 0 Å². The normalized spacial score (nSPS) is 20.7. The second-order valence-corrected chi connectivity index (χ2v) is 9.24. The van der Waals surface area contributed by atoms with Gasteiger partial charge in [0, 0.05) is 23.5 Å². The van der Waals surface area contributed by atoms with Crippen molar-refractivity contribution < 1.29 is 0 Å². The molecule has 0 spiro atoms. The maximum absolute atomic E-state index is 6.39. The van der Waals surface area contributed by atoms with Crippen LogP contribution in [0.15, 0.2) is 57.8 Å². The van der Waals surface area contributed by atoms with Gasteiger partial charge in [0.1, 0.15) is 5.84 Å². The number of aryl methyl sites for hydroxylation is 2. The molecule has 1 unspecified atom stereocenters. The Kier molecular flexibility index (Phi) is 4.64. The molecule has 30 heavy (non-hydrogen) atoms.